The van der Waals surface area contributed by atoms with Crippen molar-refractivity contribution in [1.82, 2.24) is 15.5 Å². The second-order valence-corrected chi connectivity index (χ2v) is 4.01. The molecule has 0 saturated heterocycles. The molecule has 0 radical (unpaired) electrons. The van der Waals surface area contributed by atoms with Crippen LogP contribution in [-0.2, 0) is 12.4 Å². The first-order valence-electron chi connectivity index (χ1n) is 5.41. The Labute approximate surface area is 109 Å². The van der Waals surface area contributed by atoms with Crippen molar-refractivity contribution in [3.05, 3.63) is 47.1 Å². The number of aromatic nitrogens is 2. The predicted octanol–water partition coefficient (Wildman–Crippen LogP) is 2.05. The summed E-state index contributed by atoms with van der Waals surface area (Å²) in [6.45, 7) is 1.94. The summed E-state index contributed by atoms with van der Waals surface area (Å²) in [5.74, 6) is 1.19. The minimum absolute atomic E-state index is 0.182. The molecule has 2 aromatic rings. The molecular formula is C12H12ClN3O2. The number of amides is 1. The number of aryl methyl sites for hydroxylation is 1. The second-order valence-electron chi connectivity index (χ2n) is 3.74. The van der Waals surface area contributed by atoms with E-state index in [2.05, 4.69) is 15.5 Å². The third-order valence-electron chi connectivity index (χ3n) is 2.35. The van der Waals surface area contributed by atoms with Gasteiger partial charge in [0.15, 0.2) is 5.82 Å². The lowest BCUT2D eigenvalue weighted by molar-refractivity contribution is 0.0949. The van der Waals surface area contributed by atoms with Gasteiger partial charge in [-0.3, -0.25) is 4.79 Å². The fraction of sp³-hybridized carbons (Fsp3) is 0.250. The molecule has 0 aliphatic heterocycles. The minimum atomic E-state index is -0.182. The Morgan fingerprint density at radius 2 is 2.11 bits per heavy atom. The molecule has 5 nitrogen and oxygen atoms in total. The maximum atomic E-state index is 11.8. The standard InChI is InChI=1S/C12H12ClN3O2/c1-8-15-11(16-18-8)7-14-12(17)10-4-2-9(6-13)3-5-10/h2-5H,6-7H2,1H3,(H,14,17). The lowest BCUT2D eigenvalue weighted by atomic mass is 10.1. The van der Waals surface area contributed by atoms with Crippen LogP contribution in [0.25, 0.3) is 0 Å². The first-order valence-corrected chi connectivity index (χ1v) is 5.95. The van der Waals surface area contributed by atoms with Crippen molar-refractivity contribution in [2.24, 2.45) is 0 Å². The zero-order chi connectivity index (χ0) is 13.0. The van der Waals surface area contributed by atoms with E-state index < -0.39 is 0 Å². The van der Waals surface area contributed by atoms with Crippen molar-refractivity contribution in [3.63, 3.8) is 0 Å². The minimum Gasteiger partial charge on any atom is -0.345 e. The summed E-state index contributed by atoms with van der Waals surface area (Å²) in [6, 6.07) is 7.10. The van der Waals surface area contributed by atoms with Crippen LogP contribution in [0.5, 0.6) is 0 Å². The first kappa shape index (κ1) is 12.6. The lowest BCUT2D eigenvalue weighted by Gasteiger charge is -2.03. The number of rotatable bonds is 4. The predicted molar refractivity (Wildman–Crippen MR) is 66.2 cm³/mol. The molecule has 0 aliphatic carbocycles. The van der Waals surface area contributed by atoms with Crippen molar-refractivity contribution in [2.75, 3.05) is 0 Å². The summed E-state index contributed by atoms with van der Waals surface area (Å²) in [7, 11) is 0. The van der Waals surface area contributed by atoms with Crippen LogP contribution in [-0.4, -0.2) is 16.0 Å². The molecule has 0 fully saturated rings. The van der Waals surface area contributed by atoms with Crippen molar-refractivity contribution in [2.45, 2.75) is 19.3 Å². The van der Waals surface area contributed by atoms with Gasteiger partial charge in [-0.05, 0) is 17.7 Å². The average molecular weight is 266 g/mol. The van der Waals surface area contributed by atoms with E-state index in [-0.39, 0.29) is 12.5 Å². The van der Waals surface area contributed by atoms with Crippen LogP contribution in [0.4, 0.5) is 0 Å². The molecule has 1 heterocycles. The number of hydrogen-bond donors (Lipinski definition) is 1. The summed E-state index contributed by atoms with van der Waals surface area (Å²) in [5.41, 5.74) is 1.55. The molecule has 2 rings (SSSR count). The fourth-order valence-corrected chi connectivity index (χ4v) is 1.60. The van der Waals surface area contributed by atoms with Crippen LogP contribution in [0, 0.1) is 6.92 Å². The Balaban J connectivity index is 1.94. The number of carbonyl (C=O) groups is 1. The second kappa shape index (κ2) is 5.64. The lowest BCUT2D eigenvalue weighted by Crippen LogP contribution is -2.23. The number of halogens is 1. The Bertz CT molecular complexity index is 537. The van der Waals surface area contributed by atoms with E-state index in [4.69, 9.17) is 16.1 Å². The van der Waals surface area contributed by atoms with Crippen molar-refractivity contribution >= 4 is 17.5 Å². The van der Waals surface area contributed by atoms with Gasteiger partial charge in [-0.15, -0.1) is 11.6 Å². The highest BCUT2D eigenvalue weighted by Crippen LogP contribution is 2.07. The van der Waals surface area contributed by atoms with Gasteiger partial charge >= 0.3 is 0 Å². The maximum Gasteiger partial charge on any atom is 0.251 e. The van der Waals surface area contributed by atoms with Gasteiger partial charge in [0.05, 0.1) is 6.54 Å². The monoisotopic (exact) mass is 265 g/mol. The van der Waals surface area contributed by atoms with Gasteiger partial charge in [0, 0.05) is 18.4 Å². The number of carbonyl (C=O) groups excluding carboxylic acids is 1. The van der Waals surface area contributed by atoms with Crippen LogP contribution < -0.4 is 5.32 Å². The quantitative estimate of drug-likeness (QED) is 0.859. The maximum absolute atomic E-state index is 11.8. The molecule has 94 valence electrons. The number of nitrogens with one attached hydrogen (secondary N) is 1. The molecule has 18 heavy (non-hydrogen) atoms. The van der Waals surface area contributed by atoms with E-state index >= 15 is 0 Å². The molecule has 0 unspecified atom stereocenters. The fourth-order valence-electron chi connectivity index (χ4n) is 1.42. The number of hydrogen-bond acceptors (Lipinski definition) is 4. The van der Waals surface area contributed by atoms with E-state index in [0.717, 1.165) is 5.56 Å². The molecule has 1 N–H and O–H groups in total. The topological polar surface area (TPSA) is 68.0 Å². The van der Waals surface area contributed by atoms with Crippen LogP contribution in [0.3, 0.4) is 0 Å². The molecule has 1 aromatic heterocycles. The SMILES string of the molecule is Cc1nc(CNC(=O)c2ccc(CCl)cc2)no1. The number of nitrogens with zero attached hydrogens (tertiary/aromatic N) is 2. The Hall–Kier alpha value is -1.88. The summed E-state index contributed by atoms with van der Waals surface area (Å²) in [5, 5.41) is 6.40. The molecule has 1 amide bonds. The van der Waals surface area contributed by atoms with E-state index in [1.165, 1.54) is 0 Å². The van der Waals surface area contributed by atoms with Gasteiger partial charge in [0.1, 0.15) is 0 Å². The van der Waals surface area contributed by atoms with Crippen molar-refractivity contribution in [1.29, 1.82) is 0 Å². The summed E-state index contributed by atoms with van der Waals surface area (Å²) >= 11 is 5.67. The summed E-state index contributed by atoms with van der Waals surface area (Å²) in [6.07, 6.45) is 0. The van der Waals surface area contributed by atoms with E-state index in [0.29, 0.717) is 23.2 Å². The normalized spacial score (nSPS) is 10.3. The third kappa shape index (κ3) is 3.07. The largest absolute Gasteiger partial charge is 0.345 e. The average Bonchev–Trinajstić information content (AvgIpc) is 2.82. The van der Waals surface area contributed by atoms with Crippen LogP contribution >= 0.6 is 11.6 Å². The van der Waals surface area contributed by atoms with Gasteiger partial charge in [-0.2, -0.15) is 4.98 Å². The molecule has 0 bridgehead atoms. The zero-order valence-corrected chi connectivity index (χ0v) is 10.6. The molecule has 0 spiro atoms. The van der Waals surface area contributed by atoms with Gasteiger partial charge in [0.2, 0.25) is 5.89 Å². The first-order chi connectivity index (χ1) is 8.69. The Kier molecular flexibility index (Phi) is 3.94. The van der Waals surface area contributed by atoms with Gasteiger partial charge in [0.25, 0.3) is 5.91 Å². The highest BCUT2D eigenvalue weighted by Gasteiger charge is 2.07. The summed E-state index contributed by atoms with van der Waals surface area (Å²) < 4.78 is 4.81. The Morgan fingerprint density at radius 1 is 1.39 bits per heavy atom. The number of alkyl halides is 1. The van der Waals surface area contributed by atoms with Gasteiger partial charge in [-0.25, -0.2) is 0 Å². The Morgan fingerprint density at radius 3 is 2.67 bits per heavy atom. The molecule has 0 aliphatic rings. The summed E-state index contributed by atoms with van der Waals surface area (Å²) in [4.78, 5) is 15.8. The van der Waals surface area contributed by atoms with Crippen LogP contribution in [0.1, 0.15) is 27.6 Å². The molecule has 1 aromatic carbocycles. The van der Waals surface area contributed by atoms with E-state index in [9.17, 15) is 4.79 Å². The van der Waals surface area contributed by atoms with Gasteiger partial charge < -0.3 is 9.84 Å². The molecular weight excluding hydrogens is 254 g/mol. The van der Waals surface area contributed by atoms with Gasteiger partial charge in [-0.1, -0.05) is 17.3 Å². The third-order valence-corrected chi connectivity index (χ3v) is 2.66. The highest BCUT2D eigenvalue weighted by atomic mass is 35.5. The van der Waals surface area contributed by atoms with Crippen molar-refractivity contribution < 1.29 is 9.32 Å². The molecule has 0 atom stereocenters. The van der Waals surface area contributed by atoms with Crippen molar-refractivity contribution in [3.8, 4) is 0 Å². The zero-order valence-electron chi connectivity index (χ0n) is 9.81. The van der Waals surface area contributed by atoms with E-state index in [1.807, 2.05) is 12.1 Å². The van der Waals surface area contributed by atoms with Crippen LogP contribution in [0.2, 0.25) is 0 Å². The van der Waals surface area contributed by atoms with Crippen LogP contribution in [0.15, 0.2) is 28.8 Å². The number of benzene rings is 1. The molecule has 0 saturated carbocycles. The van der Waals surface area contributed by atoms with E-state index in [1.54, 1.807) is 19.1 Å². The smallest absolute Gasteiger partial charge is 0.251 e. The molecule has 6 heteroatoms. The highest BCUT2D eigenvalue weighted by molar-refractivity contribution is 6.17.